The summed E-state index contributed by atoms with van der Waals surface area (Å²) < 4.78 is 4.70. The van der Waals surface area contributed by atoms with Gasteiger partial charge >= 0.3 is 5.97 Å². The van der Waals surface area contributed by atoms with E-state index >= 15 is 0 Å². The maximum atomic E-state index is 12.1. The molecule has 126 valence electrons. The van der Waals surface area contributed by atoms with E-state index in [9.17, 15) is 9.59 Å². The minimum Gasteiger partial charge on any atom is -0.465 e. The largest absolute Gasteiger partial charge is 0.465 e. The SMILES string of the molecule is COC(=O)c1ccc(C)c(NC(=O)CSCc2ccc(C)cc2)c1. The molecule has 1 amide bonds. The Morgan fingerprint density at radius 3 is 2.46 bits per heavy atom. The number of hydrogen-bond acceptors (Lipinski definition) is 4. The highest BCUT2D eigenvalue weighted by Crippen LogP contribution is 2.19. The summed E-state index contributed by atoms with van der Waals surface area (Å²) in [6.07, 6.45) is 0. The summed E-state index contributed by atoms with van der Waals surface area (Å²) in [7, 11) is 1.34. The second-order valence-corrected chi connectivity index (χ2v) is 6.53. The molecule has 0 aliphatic rings. The fourth-order valence-electron chi connectivity index (χ4n) is 2.13. The third-order valence-electron chi connectivity index (χ3n) is 3.56. The van der Waals surface area contributed by atoms with Crippen LogP contribution in [0.4, 0.5) is 5.69 Å². The van der Waals surface area contributed by atoms with Crippen LogP contribution >= 0.6 is 11.8 Å². The quantitative estimate of drug-likeness (QED) is 0.807. The molecular weight excluding hydrogens is 322 g/mol. The van der Waals surface area contributed by atoms with E-state index in [2.05, 4.69) is 36.5 Å². The highest BCUT2D eigenvalue weighted by molar-refractivity contribution is 7.99. The van der Waals surface area contributed by atoms with E-state index in [-0.39, 0.29) is 5.91 Å². The van der Waals surface area contributed by atoms with Gasteiger partial charge in [0.15, 0.2) is 0 Å². The highest BCUT2D eigenvalue weighted by Gasteiger charge is 2.10. The zero-order valence-corrected chi connectivity index (χ0v) is 14.9. The number of benzene rings is 2. The van der Waals surface area contributed by atoms with Crippen LogP contribution in [0.25, 0.3) is 0 Å². The number of methoxy groups -OCH3 is 1. The van der Waals surface area contributed by atoms with Gasteiger partial charge in [0, 0.05) is 11.4 Å². The summed E-state index contributed by atoms with van der Waals surface area (Å²) in [5.41, 5.74) is 4.38. The van der Waals surface area contributed by atoms with Crippen molar-refractivity contribution < 1.29 is 14.3 Å². The normalized spacial score (nSPS) is 10.3. The molecule has 0 fully saturated rings. The summed E-state index contributed by atoms with van der Waals surface area (Å²) in [6, 6.07) is 13.4. The van der Waals surface area contributed by atoms with Gasteiger partial charge in [-0.3, -0.25) is 4.79 Å². The third-order valence-corrected chi connectivity index (χ3v) is 4.56. The van der Waals surface area contributed by atoms with E-state index in [1.54, 1.807) is 30.0 Å². The monoisotopic (exact) mass is 343 g/mol. The van der Waals surface area contributed by atoms with Crippen LogP contribution in [0.2, 0.25) is 0 Å². The maximum absolute atomic E-state index is 12.1. The third kappa shape index (κ3) is 5.13. The number of amides is 1. The Balaban J connectivity index is 1.90. The van der Waals surface area contributed by atoms with Gasteiger partial charge in [0.05, 0.1) is 18.4 Å². The number of anilines is 1. The Hall–Kier alpha value is -2.27. The van der Waals surface area contributed by atoms with Crippen LogP contribution in [0.15, 0.2) is 42.5 Å². The van der Waals surface area contributed by atoms with Crippen molar-refractivity contribution in [2.24, 2.45) is 0 Å². The number of carbonyl (C=O) groups is 2. The summed E-state index contributed by atoms with van der Waals surface area (Å²) >= 11 is 1.56. The van der Waals surface area contributed by atoms with Crippen molar-refractivity contribution in [1.29, 1.82) is 0 Å². The van der Waals surface area contributed by atoms with Crippen LogP contribution in [-0.4, -0.2) is 24.7 Å². The predicted octanol–water partition coefficient (Wildman–Crippen LogP) is 3.96. The molecule has 0 atom stereocenters. The summed E-state index contributed by atoms with van der Waals surface area (Å²) in [6.45, 7) is 3.94. The minimum absolute atomic E-state index is 0.0859. The molecule has 0 aromatic heterocycles. The summed E-state index contributed by atoms with van der Waals surface area (Å²) in [5.74, 6) is 0.640. The molecule has 0 radical (unpaired) electrons. The molecule has 0 spiro atoms. The molecule has 4 nitrogen and oxygen atoms in total. The van der Waals surface area contributed by atoms with Crippen molar-refractivity contribution in [1.82, 2.24) is 0 Å². The van der Waals surface area contributed by atoms with Gasteiger partial charge in [-0.05, 0) is 37.1 Å². The number of hydrogen-bond donors (Lipinski definition) is 1. The molecular formula is C19H21NO3S. The zero-order valence-electron chi connectivity index (χ0n) is 14.1. The number of nitrogens with one attached hydrogen (secondary N) is 1. The van der Waals surface area contributed by atoms with Crippen molar-refractivity contribution in [3.63, 3.8) is 0 Å². The Kier molecular flexibility index (Phi) is 6.44. The standard InChI is InChI=1S/C19H21NO3S/c1-13-4-7-15(8-5-13)11-24-12-18(21)20-17-10-16(19(22)23-3)9-6-14(17)2/h4-10H,11-12H2,1-3H3,(H,20,21). The van der Waals surface area contributed by atoms with Gasteiger partial charge < -0.3 is 10.1 Å². The van der Waals surface area contributed by atoms with Gasteiger partial charge in [0.2, 0.25) is 5.91 Å². The van der Waals surface area contributed by atoms with E-state index in [4.69, 9.17) is 4.74 Å². The van der Waals surface area contributed by atoms with E-state index in [1.807, 2.05) is 6.92 Å². The molecule has 0 heterocycles. The molecule has 2 rings (SSSR count). The van der Waals surface area contributed by atoms with Crippen LogP contribution in [0.5, 0.6) is 0 Å². The molecule has 1 N–H and O–H groups in total. The smallest absolute Gasteiger partial charge is 0.337 e. The van der Waals surface area contributed by atoms with Crippen molar-refractivity contribution in [2.75, 3.05) is 18.2 Å². The molecule has 0 saturated carbocycles. The number of aryl methyl sites for hydroxylation is 2. The first kappa shape index (κ1) is 18.1. The molecule has 0 aliphatic carbocycles. The summed E-state index contributed by atoms with van der Waals surface area (Å²) in [5, 5.41) is 2.86. The number of carbonyl (C=O) groups excluding carboxylic acids is 2. The lowest BCUT2D eigenvalue weighted by Gasteiger charge is -2.10. The van der Waals surface area contributed by atoms with Crippen molar-refractivity contribution in [3.05, 3.63) is 64.7 Å². The van der Waals surface area contributed by atoms with Crippen LogP contribution in [-0.2, 0) is 15.3 Å². The molecule has 5 heteroatoms. The first-order valence-corrected chi connectivity index (χ1v) is 8.77. The van der Waals surface area contributed by atoms with Gasteiger partial charge in [-0.2, -0.15) is 0 Å². The van der Waals surface area contributed by atoms with Gasteiger partial charge in [-0.15, -0.1) is 11.8 Å². The highest BCUT2D eigenvalue weighted by atomic mass is 32.2. The van der Waals surface area contributed by atoms with E-state index in [0.717, 1.165) is 11.3 Å². The van der Waals surface area contributed by atoms with Crippen LogP contribution in [0.3, 0.4) is 0 Å². The molecule has 0 aliphatic heterocycles. The van der Waals surface area contributed by atoms with Crippen LogP contribution in [0, 0.1) is 13.8 Å². The maximum Gasteiger partial charge on any atom is 0.337 e. The zero-order chi connectivity index (χ0) is 17.5. The molecule has 0 saturated heterocycles. The molecule has 2 aromatic carbocycles. The fourth-order valence-corrected chi connectivity index (χ4v) is 2.92. The lowest BCUT2D eigenvalue weighted by atomic mass is 10.1. The van der Waals surface area contributed by atoms with Gasteiger partial charge in [-0.1, -0.05) is 35.9 Å². The Bertz CT molecular complexity index is 726. The second-order valence-electron chi connectivity index (χ2n) is 5.55. The molecule has 0 bridgehead atoms. The Morgan fingerprint density at radius 2 is 1.79 bits per heavy atom. The number of thioether (sulfide) groups is 1. The van der Waals surface area contributed by atoms with Gasteiger partial charge in [0.1, 0.15) is 0 Å². The Morgan fingerprint density at radius 1 is 1.08 bits per heavy atom. The lowest BCUT2D eigenvalue weighted by Crippen LogP contribution is -2.15. The van der Waals surface area contributed by atoms with Crippen molar-refractivity contribution in [2.45, 2.75) is 19.6 Å². The molecule has 24 heavy (non-hydrogen) atoms. The van der Waals surface area contributed by atoms with Gasteiger partial charge in [0.25, 0.3) is 0 Å². The van der Waals surface area contributed by atoms with Crippen LogP contribution in [0.1, 0.15) is 27.0 Å². The number of esters is 1. The first-order valence-electron chi connectivity index (χ1n) is 7.61. The molecule has 2 aromatic rings. The fraction of sp³-hybridized carbons (Fsp3) is 0.263. The molecule has 0 unspecified atom stereocenters. The van der Waals surface area contributed by atoms with E-state index < -0.39 is 5.97 Å². The number of ether oxygens (including phenoxy) is 1. The second kappa shape index (κ2) is 8.55. The van der Waals surface area contributed by atoms with Gasteiger partial charge in [-0.25, -0.2) is 4.79 Å². The first-order chi connectivity index (χ1) is 11.5. The topological polar surface area (TPSA) is 55.4 Å². The van der Waals surface area contributed by atoms with E-state index in [0.29, 0.717) is 17.0 Å². The lowest BCUT2D eigenvalue weighted by molar-refractivity contribution is -0.113. The average Bonchev–Trinajstić information content (AvgIpc) is 2.58. The van der Waals surface area contributed by atoms with E-state index in [1.165, 1.54) is 18.2 Å². The minimum atomic E-state index is -0.417. The summed E-state index contributed by atoms with van der Waals surface area (Å²) in [4.78, 5) is 23.7. The number of rotatable bonds is 6. The predicted molar refractivity (Wildman–Crippen MR) is 98.5 cm³/mol. The Labute approximate surface area is 146 Å². The van der Waals surface area contributed by atoms with Crippen molar-refractivity contribution in [3.8, 4) is 0 Å². The van der Waals surface area contributed by atoms with Crippen molar-refractivity contribution >= 4 is 29.3 Å². The average molecular weight is 343 g/mol. The van der Waals surface area contributed by atoms with Crippen LogP contribution < -0.4 is 5.32 Å².